The summed E-state index contributed by atoms with van der Waals surface area (Å²) in [4.78, 5) is 12.0. The lowest BCUT2D eigenvalue weighted by Crippen LogP contribution is -2.18. The van der Waals surface area contributed by atoms with Gasteiger partial charge in [-0.1, -0.05) is 36.4 Å². The van der Waals surface area contributed by atoms with Crippen LogP contribution in [0.1, 0.15) is 5.56 Å². The van der Waals surface area contributed by atoms with Crippen LogP contribution in [0, 0.1) is 0 Å². The first-order valence-corrected chi connectivity index (χ1v) is 10.3. The largest absolute Gasteiger partial charge is 0.493 e. The molecule has 0 radical (unpaired) electrons. The van der Waals surface area contributed by atoms with Crippen LogP contribution in [-0.4, -0.2) is 31.2 Å². The maximum atomic E-state index is 6.23. The standard InChI is InChI=1S/C22H20ClN3O2S/c1-26(12-14-7-5-4-6-8-14)20-19-16(13-29-21(19)25-22(23)24-20)15-9-10-17(27-2)18(11-15)28-3/h4-11,13H,12H2,1-3H3. The number of halogens is 1. The van der Waals surface area contributed by atoms with Gasteiger partial charge < -0.3 is 14.4 Å². The van der Waals surface area contributed by atoms with Crippen molar-refractivity contribution in [3.8, 4) is 22.6 Å². The normalized spacial score (nSPS) is 10.9. The number of hydrogen-bond acceptors (Lipinski definition) is 6. The average molecular weight is 426 g/mol. The number of fused-ring (bicyclic) bond motifs is 1. The summed E-state index contributed by atoms with van der Waals surface area (Å²) in [5.41, 5.74) is 3.24. The van der Waals surface area contributed by atoms with Gasteiger partial charge in [-0.2, -0.15) is 4.98 Å². The molecule has 0 fully saturated rings. The highest BCUT2D eigenvalue weighted by Crippen LogP contribution is 2.41. The van der Waals surface area contributed by atoms with Crippen molar-refractivity contribution < 1.29 is 9.47 Å². The summed E-state index contributed by atoms with van der Waals surface area (Å²) < 4.78 is 10.8. The SMILES string of the molecule is COc1ccc(-c2csc3nc(Cl)nc(N(C)Cc4ccccc4)c23)cc1OC. The summed E-state index contributed by atoms with van der Waals surface area (Å²) in [6.45, 7) is 0.713. The molecule has 2 aromatic carbocycles. The van der Waals surface area contributed by atoms with Crippen LogP contribution in [0.4, 0.5) is 5.82 Å². The van der Waals surface area contributed by atoms with Crippen molar-refractivity contribution in [1.29, 1.82) is 0 Å². The lowest BCUT2D eigenvalue weighted by Gasteiger charge is -2.20. The van der Waals surface area contributed by atoms with E-state index in [-0.39, 0.29) is 5.28 Å². The van der Waals surface area contributed by atoms with E-state index in [0.717, 1.165) is 27.2 Å². The van der Waals surface area contributed by atoms with Crippen molar-refractivity contribution >= 4 is 39.0 Å². The number of methoxy groups -OCH3 is 2. The molecule has 4 rings (SSSR count). The van der Waals surface area contributed by atoms with Gasteiger partial charge in [0.15, 0.2) is 11.5 Å². The Hall–Kier alpha value is -2.83. The third-order valence-electron chi connectivity index (χ3n) is 4.71. The van der Waals surface area contributed by atoms with E-state index < -0.39 is 0 Å². The highest BCUT2D eigenvalue weighted by Gasteiger charge is 2.19. The molecule has 0 N–H and O–H groups in total. The van der Waals surface area contributed by atoms with Gasteiger partial charge in [0.2, 0.25) is 5.28 Å². The Morgan fingerprint density at radius 2 is 1.76 bits per heavy atom. The second-order valence-electron chi connectivity index (χ2n) is 6.56. The van der Waals surface area contributed by atoms with E-state index in [1.807, 2.05) is 43.4 Å². The van der Waals surface area contributed by atoms with E-state index in [1.54, 1.807) is 25.6 Å². The Morgan fingerprint density at radius 3 is 2.48 bits per heavy atom. The number of nitrogens with zero attached hydrogens (tertiary/aromatic N) is 3. The molecule has 29 heavy (non-hydrogen) atoms. The summed E-state index contributed by atoms with van der Waals surface area (Å²) in [7, 11) is 5.28. The van der Waals surface area contributed by atoms with Gasteiger partial charge in [-0.3, -0.25) is 0 Å². The quantitative estimate of drug-likeness (QED) is 0.373. The maximum Gasteiger partial charge on any atom is 0.225 e. The Kier molecular flexibility index (Phi) is 5.56. The second kappa shape index (κ2) is 8.27. The molecule has 0 saturated heterocycles. The molecule has 2 heterocycles. The Balaban J connectivity index is 1.83. The zero-order valence-electron chi connectivity index (χ0n) is 16.3. The summed E-state index contributed by atoms with van der Waals surface area (Å²) in [6, 6.07) is 16.2. The van der Waals surface area contributed by atoms with E-state index in [1.165, 1.54) is 5.56 Å². The van der Waals surface area contributed by atoms with Gasteiger partial charge in [0.05, 0.1) is 19.6 Å². The minimum absolute atomic E-state index is 0.244. The molecule has 0 aliphatic rings. The molecule has 4 aromatic rings. The molecule has 0 saturated carbocycles. The van der Waals surface area contributed by atoms with Crippen LogP contribution < -0.4 is 14.4 Å². The van der Waals surface area contributed by atoms with E-state index in [0.29, 0.717) is 18.0 Å². The number of aromatic nitrogens is 2. The lowest BCUT2D eigenvalue weighted by atomic mass is 10.0. The van der Waals surface area contributed by atoms with Crippen molar-refractivity contribution in [3.05, 3.63) is 64.8 Å². The molecule has 0 aliphatic heterocycles. The number of benzene rings is 2. The number of rotatable bonds is 6. The van der Waals surface area contributed by atoms with Gasteiger partial charge in [-0.05, 0) is 34.9 Å². The molecule has 5 nitrogen and oxygen atoms in total. The molecule has 148 valence electrons. The molecule has 0 aliphatic carbocycles. The minimum atomic E-state index is 0.244. The molecular weight excluding hydrogens is 406 g/mol. The number of ether oxygens (including phenoxy) is 2. The average Bonchev–Trinajstić information content (AvgIpc) is 3.17. The first-order chi connectivity index (χ1) is 14.1. The summed E-state index contributed by atoms with van der Waals surface area (Å²) in [5.74, 6) is 2.17. The van der Waals surface area contributed by atoms with E-state index >= 15 is 0 Å². The zero-order valence-corrected chi connectivity index (χ0v) is 17.9. The maximum absolute atomic E-state index is 6.23. The fourth-order valence-electron chi connectivity index (χ4n) is 3.32. The van der Waals surface area contributed by atoms with Crippen LogP contribution in [0.15, 0.2) is 53.9 Å². The Labute approximate surface area is 178 Å². The van der Waals surface area contributed by atoms with Crippen molar-refractivity contribution in [2.75, 3.05) is 26.2 Å². The van der Waals surface area contributed by atoms with Crippen LogP contribution in [0.5, 0.6) is 11.5 Å². The molecule has 2 aromatic heterocycles. The third-order valence-corrected chi connectivity index (χ3v) is 5.75. The van der Waals surface area contributed by atoms with Gasteiger partial charge in [-0.15, -0.1) is 11.3 Å². The molecule has 0 atom stereocenters. The molecule has 0 amide bonds. The van der Waals surface area contributed by atoms with Gasteiger partial charge >= 0.3 is 0 Å². The van der Waals surface area contributed by atoms with Gasteiger partial charge in [-0.25, -0.2) is 4.98 Å². The highest BCUT2D eigenvalue weighted by atomic mass is 35.5. The molecule has 0 spiro atoms. The monoisotopic (exact) mass is 425 g/mol. The predicted octanol–water partition coefficient (Wildman–Crippen LogP) is 5.67. The van der Waals surface area contributed by atoms with Gasteiger partial charge in [0.1, 0.15) is 10.6 Å². The molecule has 0 unspecified atom stereocenters. The number of thiophene rings is 1. The van der Waals surface area contributed by atoms with Crippen LogP contribution >= 0.6 is 22.9 Å². The Bertz CT molecular complexity index is 1150. The van der Waals surface area contributed by atoms with Crippen LogP contribution in [0.2, 0.25) is 5.28 Å². The van der Waals surface area contributed by atoms with Crippen LogP contribution in [-0.2, 0) is 6.54 Å². The van der Waals surface area contributed by atoms with Crippen molar-refractivity contribution in [2.45, 2.75) is 6.54 Å². The summed E-state index contributed by atoms with van der Waals surface area (Å²) >= 11 is 7.78. The van der Waals surface area contributed by atoms with Crippen molar-refractivity contribution in [3.63, 3.8) is 0 Å². The Morgan fingerprint density at radius 1 is 1.00 bits per heavy atom. The smallest absolute Gasteiger partial charge is 0.225 e. The lowest BCUT2D eigenvalue weighted by molar-refractivity contribution is 0.355. The number of anilines is 1. The zero-order chi connectivity index (χ0) is 20.4. The summed E-state index contributed by atoms with van der Waals surface area (Å²) in [6.07, 6.45) is 0. The fourth-order valence-corrected chi connectivity index (χ4v) is 4.48. The van der Waals surface area contributed by atoms with Crippen LogP contribution in [0.25, 0.3) is 21.3 Å². The van der Waals surface area contributed by atoms with Crippen molar-refractivity contribution in [1.82, 2.24) is 9.97 Å². The summed E-state index contributed by atoms with van der Waals surface area (Å²) in [5, 5.41) is 3.30. The second-order valence-corrected chi connectivity index (χ2v) is 7.75. The van der Waals surface area contributed by atoms with E-state index in [2.05, 4.69) is 32.4 Å². The predicted molar refractivity (Wildman–Crippen MR) is 120 cm³/mol. The number of hydrogen-bond donors (Lipinski definition) is 0. The van der Waals surface area contributed by atoms with Crippen molar-refractivity contribution in [2.24, 2.45) is 0 Å². The molecule has 0 bridgehead atoms. The highest BCUT2D eigenvalue weighted by molar-refractivity contribution is 7.17. The van der Waals surface area contributed by atoms with Crippen LogP contribution in [0.3, 0.4) is 0 Å². The first-order valence-electron chi connectivity index (χ1n) is 9.03. The van der Waals surface area contributed by atoms with E-state index in [4.69, 9.17) is 21.1 Å². The minimum Gasteiger partial charge on any atom is -0.493 e. The van der Waals surface area contributed by atoms with Gasteiger partial charge in [0.25, 0.3) is 0 Å². The topological polar surface area (TPSA) is 47.5 Å². The fraction of sp³-hybridized carbons (Fsp3) is 0.182. The third kappa shape index (κ3) is 3.86. The van der Waals surface area contributed by atoms with Gasteiger partial charge in [0, 0.05) is 24.5 Å². The molecular formula is C22H20ClN3O2S. The first kappa shape index (κ1) is 19.5. The molecule has 7 heteroatoms. The van der Waals surface area contributed by atoms with E-state index in [9.17, 15) is 0 Å².